The van der Waals surface area contributed by atoms with Crippen LogP contribution in [0.4, 0.5) is 5.69 Å². The molecule has 0 saturated carbocycles. The van der Waals surface area contributed by atoms with Gasteiger partial charge in [-0.3, -0.25) is 4.79 Å². The van der Waals surface area contributed by atoms with E-state index in [1.54, 1.807) is 18.2 Å². The summed E-state index contributed by atoms with van der Waals surface area (Å²) in [7, 11) is 1.30. The lowest BCUT2D eigenvalue weighted by atomic mass is 9.82. The Hall–Kier alpha value is -2.40. The highest BCUT2D eigenvalue weighted by atomic mass is 79.9. The lowest BCUT2D eigenvalue weighted by Gasteiger charge is -2.28. The van der Waals surface area contributed by atoms with Gasteiger partial charge in [0.25, 0.3) is 0 Å². The maximum Gasteiger partial charge on any atom is 0.344 e. The molecule has 1 aliphatic carbocycles. The summed E-state index contributed by atoms with van der Waals surface area (Å²) in [6.45, 7) is 0. The van der Waals surface area contributed by atoms with E-state index in [9.17, 15) is 9.59 Å². The molecule has 0 aromatic heterocycles. The Balaban J connectivity index is 1.95. The fourth-order valence-corrected chi connectivity index (χ4v) is 4.16. The lowest BCUT2D eigenvalue weighted by Crippen LogP contribution is -2.51. The van der Waals surface area contributed by atoms with Crippen molar-refractivity contribution >= 4 is 38.9 Å². The fourth-order valence-electron chi connectivity index (χ4n) is 3.54. The molecule has 2 aromatic rings. The first-order valence-electron chi connectivity index (χ1n) is 7.58. The zero-order valence-electron chi connectivity index (χ0n) is 12.9. The number of allylic oxidation sites excluding steroid dienone is 1. The summed E-state index contributed by atoms with van der Waals surface area (Å²) >= 11 is 3.55. The molecule has 0 fully saturated rings. The van der Waals surface area contributed by atoms with Gasteiger partial charge in [0.2, 0.25) is 11.3 Å². The average Bonchev–Trinajstić information content (AvgIpc) is 3.16. The van der Waals surface area contributed by atoms with Crippen molar-refractivity contribution in [2.75, 3.05) is 12.4 Å². The van der Waals surface area contributed by atoms with Crippen molar-refractivity contribution in [3.8, 4) is 0 Å². The van der Waals surface area contributed by atoms with Crippen molar-refractivity contribution in [2.45, 2.75) is 12.0 Å². The van der Waals surface area contributed by atoms with Crippen LogP contribution in [0.2, 0.25) is 0 Å². The number of nitrogens with one attached hydrogen (secondary N) is 1. The van der Waals surface area contributed by atoms with E-state index in [-0.39, 0.29) is 5.78 Å². The van der Waals surface area contributed by atoms with Crippen molar-refractivity contribution < 1.29 is 14.3 Å². The van der Waals surface area contributed by atoms with Gasteiger partial charge in [0.15, 0.2) is 0 Å². The first kappa shape index (κ1) is 15.1. The van der Waals surface area contributed by atoms with Gasteiger partial charge in [0.1, 0.15) is 0 Å². The molecule has 2 aliphatic rings. The van der Waals surface area contributed by atoms with E-state index in [2.05, 4.69) is 21.2 Å². The van der Waals surface area contributed by atoms with E-state index in [1.165, 1.54) is 7.11 Å². The Labute approximate surface area is 147 Å². The van der Waals surface area contributed by atoms with Crippen molar-refractivity contribution in [2.24, 2.45) is 0 Å². The normalized spacial score (nSPS) is 20.9. The molecule has 4 nitrogen and oxygen atoms in total. The molecule has 0 amide bonds. The number of fused-ring (bicyclic) bond motifs is 2. The van der Waals surface area contributed by atoms with Gasteiger partial charge in [0, 0.05) is 21.3 Å². The number of anilines is 1. The SMILES string of the molecule is COC(=O)C1(C2=CCc3cccc(Br)c32)Nc2ccccc2C1=O. The topological polar surface area (TPSA) is 55.4 Å². The van der Waals surface area contributed by atoms with Crippen molar-refractivity contribution in [3.05, 3.63) is 69.7 Å². The van der Waals surface area contributed by atoms with Crippen LogP contribution in [0, 0.1) is 0 Å². The number of Topliss-reactive ketones (excluding diaryl/α,β-unsaturated/α-hetero) is 1. The highest BCUT2D eigenvalue weighted by Gasteiger charge is 2.56. The molecule has 24 heavy (non-hydrogen) atoms. The Morgan fingerprint density at radius 2 is 2.00 bits per heavy atom. The zero-order valence-corrected chi connectivity index (χ0v) is 14.5. The summed E-state index contributed by atoms with van der Waals surface area (Å²) < 4.78 is 5.89. The highest BCUT2D eigenvalue weighted by molar-refractivity contribution is 9.10. The Morgan fingerprint density at radius 3 is 2.75 bits per heavy atom. The number of para-hydroxylation sites is 1. The second-order valence-electron chi connectivity index (χ2n) is 5.84. The predicted molar refractivity (Wildman–Crippen MR) is 95.0 cm³/mol. The molecule has 5 heteroatoms. The van der Waals surface area contributed by atoms with E-state index in [4.69, 9.17) is 4.74 Å². The van der Waals surface area contributed by atoms with Crippen LogP contribution in [0.25, 0.3) is 5.57 Å². The van der Waals surface area contributed by atoms with Crippen molar-refractivity contribution in [1.29, 1.82) is 0 Å². The molecule has 1 aliphatic heterocycles. The third-order valence-electron chi connectivity index (χ3n) is 4.63. The summed E-state index contributed by atoms with van der Waals surface area (Å²) in [5, 5.41) is 3.15. The van der Waals surface area contributed by atoms with Gasteiger partial charge in [-0.15, -0.1) is 0 Å². The van der Waals surface area contributed by atoms with Crippen molar-refractivity contribution in [1.82, 2.24) is 0 Å². The number of methoxy groups -OCH3 is 1. The van der Waals surface area contributed by atoms with E-state index < -0.39 is 11.5 Å². The standard InChI is InChI=1S/C19H14BrNO3/c1-24-18(23)19(17(22)12-6-2-3-8-15(12)21-19)13-10-9-11-5-4-7-14(20)16(11)13/h2-8,10,21H,9H2,1H3. The monoisotopic (exact) mass is 383 g/mol. The van der Waals surface area contributed by atoms with E-state index in [0.29, 0.717) is 23.2 Å². The maximum absolute atomic E-state index is 13.2. The number of hydrogen-bond donors (Lipinski definition) is 1. The predicted octanol–water partition coefficient (Wildman–Crippen LogP) is 3.61. The first-order chi connectivity index (χ1) is 11.6. The van der Waals surface area contributed by atoms with Crippen LogP contribution in [0.1, 0.15) is 21.5 Å². The number of carbonyl (C=O) groups excluding carboxylic acids is 2. The van der Waals surface area contributed by atoms with Gasteiger partial charge >= 0.3 is 5.97 Å². The number of hydrogen-bond acceptors (Lipinski definition) is 4. The number of ketones is 1. The molecule has 2 aromatic carbocycles. The minimum Gasteiger partial charge on any atom is -0.467 e. The maximum atomic E-state index is 13.2. The molecular formula is C19H14BrNO3. The largest absolute Gasteiger partial charge is 0.467 e. The third-order valence-corrected chi connectivity index (χ3v) is 5.29. The molecule has 4 rings (SSSR count). The van der Waals surface area contributed by atoms with Crippen LogP contribution < -0.4 is 5.32 Å². The number of benzene rings is 2. The molecule has 0 saturated heterocycles. The molecule has 1 unspecified atom stereocenters. The summed E-state index contributed by atoms with van der Waals surface area (Å²) in [5.74, 6) is -0.877. The summed E-state index contributed by atoms with van der Waals surface area (Å²) in [6.07, 6.45) is 2.61. The van der Waals surface area contributed by atoms with E-state index in [1.807, 2.05) is 30.3 Å². The van der Waals surface area contributed by atoms with Crippen LogP contribution in [0.5, 0.6) is 0 Å². The smallest absolute Gasteiger partial charge is 0.344 e. The van der Waals surface area contributed by atoms with Gasteiger partial charge in [-0.25, -0.2) is 4.79 Å². The van der Waals surface area contributed by atoms with Gasteiger partial charge in [0.05, 0.1) is 7.11 Å². The molecule has 1 atom stereocenters. The number of halogens is 1. The molecule has 0 bridgehead atoms. The quantitative estimate of drug-likeness (QED) is 0.635. The summed E-state index contributed by atoms with van der Waals surface area (Å²) in [4.78, 5) is 26.0. The lowest BCUT2D eigenvalue weighted by molar-refractivity contribution is -0.142. The van der Waals surface area contributed by atoms with Crippen LogP contribution >= 0.6 is 15.9 Å². The number of rotatable bonds is 2. The van der Waals surface area contributed by atoms with Crippen LogP contribution in [-0.4, -0.2) is 24.4 Å². The molecule has 0 spiro atoms. The number of carbonyl (C=O) groups is 2. The number of esters is 1. The summed E-state index contributed by atoms with van der Waals surface area (Å²) in [5.41, 5.74) is 2.23. The second kappa shape index (κ2) is 5.31. The Kier molecular flexibility index (Phi) is 3.35. The molecule has 120 valence electrons. The van der Waals surface area contributed by atoms with Gasteiger partial charge in [-0.05, 0) is 35.7 Å². The minimum atomic E-state index is -1.53. The third kappa shape index (κ3) is 1.85. The van der Waals surface area contributed by atoms with E-state index >= 15 is 0 Å². The van der Waals surface area contributed by atoms with Crippen LogP contribution in [-0.2, 0) is 16.0 Å². The Bertz CT molecular complexity index is 919. The van der Waals surface area contributed by atoms with Crippen LogP contribution in [0.3, 0.4) is 0 Å². The van der Waals surface area contributed by atoms with Gasteiger partial charge < -0.3 is 10.1 Å². The zero-order chi connectivity index (χ0) is 16.9. The minimum absolute atomic E-state index is 0.278. The molecule has 1 heterocycles. The van der Waals surface area contributed by atoms with Gasteiger partial charge in [-0.2, -0.15) is 0 Å². The van der Waals surface area contributed by atoms with Crippen molar-refractivity contribution in [3.63, 3.8) is 0 Å². The fraction of sp³-hybridized carbons (Fsp3) is 0.158. The molecular weight excluding hydrogens is 370 g/mol. The summed E-state index contributed by atoms with van der Waals surface area (Å²) in [6, 6.07) is 13.0. The van der Waals surface area contributed by atoms with E-state index in [0.717, 1.165) is 15.6 Å². The Morgan fingerprint density at radius 1 is 1.21 bits per heavy atom. The highest BCUT2D eigenvalue weighted by Crippen LogP contribution is 2.46. The van der Waals surface area contributed by atoms with Crippen LogP contribution in [0.15, 0.2) is 53.0 Å². The molecule has 0 radical (unpaired) electrons. The average molecular weight is 384 g/mol. The molecule has 1 N–H and O–H groups in total. The second-order valence-corrected chi connectivity index (χ2v) is 6.69. The number of ether oxygens (including phenoxy) is 1. The van der Waals surface area contributed by atoms with Gasteiger partial charge in [-0.1, -0.05) is 46.3 Å². The first-order valence-corrected chi connectivity index (χ1v) is 8.37.